The highest BCUT2D eigenvalue weighted by Gasteiger charge is 2.25. The summed E-state index contributed by atoms with van der Waals surface area (Å²) in [4.78, 5) is 33.0. The van der Waals surface area contributed by atoms with E-state index in [-0.39, 0.29) is 17.7 Å². The number of aromatic nitrogens is 5. The molecule has 39 heavy (non-hydrogen) atoms. The van der Waals surface area contributed by atoms with E-state index in [4.69, 9.17) is 30.5 Å². The van der Waals surface area contributed by atoms with Crippen LogP contribution in [0.1, 0.15) is 47.8 Å². The van der Waals surface area contributed by atoms with Crippen LogP contribution in [0.3, 0.4) is 0 Å². The van der Waals surface area contributed by atoms with Crippen molar-refractivity contribution >= 4 is 11.8 Å². The van der Waals surface area contributed by atoms with Crippen molar-refractivity contribution < 1.29 is 19.4 Å². The molecule has 202 valence electrons. The number of aromatic amines is 1. The summed E-state index contributed by atoms with van der Waals surface area (Å²) in [5.74, 6) is 1.02. The van der Waals surface area contributed by atoms with Gasteiger partial charge in [0, 0.05) is 30.8 Å². The van der Waals surface area contributed by atoms with Crippen LogP contribution in [-0.2, 0) is 17.6 Å². The summed E-state index contributed by atoms with van der Waals surface area (Å²) >= 11 is 0. The lowest BCUT2D eigenvalue weighted by atomic mass is 9.89. The van der Waals surface area contributed by atoms with E-state index in [2.05, 4.69) is 33.0 Å². The zero-order chi connectivity index (χ0) is 27.9. The normalized spacial score (nSPS) is 12.7. The molecule has 3 heterocycles. The van der Waals surface area contributed by atoms with Gasteiger partial charge in [0.05, 0.1) is 0 Å². The molecule has 0 aliphatic carbocycles. The van der Waals surface area contributed by atoms with Crippen LogP contribution < -0.4 is 20.9 Å². The third kappa shape index (κ3) is 6.47. The van der Waals surface area contributed by atoms with Crippen molar-refractivity contribution in [3.8, 4) is 17.4 Å². The number of carbonyl (C=O) groups is 1. The third-order valence-corrected chi connectivity index (χ3v) is 5.94. The number of aliphatic carboxylic acids is 1. The van der Waals surface area contributed by atoms with Gasteiger partial charge in [0.15, 0.2) is 11.5 Å². The van der Waals surface area contributed by atoms with Crippen LogP contribution in [0.15, 0.2) is 59.7 Å². The molecule has 5 N–H and O–H groups in total. The maximum atomic E-state index is 12.8. The van der Waals surface area contributed by atoms with E-state index in [1.165, 1.54) is 4.68 Å². The highest BCUT2D eigenvalue weighted by Crippen LogP contribution is 2.39. The molecule has 0 fully saturated rings. The van der Waals surface area contributed by atoms with Gasteiger partial charge < -0.3 is 20.3 Å². The van der Waals surface area contributed by atoms with Crippen molar-refractivity contribution in [2.24, 2.45) is 5.73 Å². The first-order chi connectivity index (χ1) is 18.8. The van der Waals surface area contributed by atoms with E-state index in [9.17, 15) is 4.79 Å². The quantitative estimate of drug-likeness (QED) is 0.205. The SMILES string of the molecule is CC(=O)O.CCc1cc(C(Cc2ccc(C(=N)N)cc2)c2nn(-c3ncccn3)c(=O)[nH]2)cc2c1OCCO2. The number of nitrogen functional groups attached to an aromatic ring is 1. The van der Waals surface area contributed by atoms with Crippen molar-refractivity contribution in [1.82, 2.24) is 24.7 Å². The first kappa shape index (κ1) is 27.0. The van der Waals surface area contributed by atoms with Gasteiger partial charge in [0.1, 0.15) is 24.9 Å². The number of fused-ring (bicyclic) bond motifs is 1. The second-order valence-corrected chi connectivity index (χ2v) is 8.72. The number of carboxylic acids is 1. The Kier molecular flexibility index (Phi) is 8.34. The molecule has 12 heteroatoms. The first-order valence-electron chi connectivity index (χ1n) is 12.3. The van der Waals surface area contributed by atoms with Gasteiger partial charge in [-0.25, -0.2) is 14.8 Å². The number of nitrogens with zero attached hydrogens (tertiary/aromatic N) is 4. The maximum absolute atomic E-state index is 12.8. The number of aryl methyl sites for hydroxylation is 1. The predicted molar refractivity (Wildman–Crippen MR) is 143 cm³/mol. The summed E-state index contributed by atoms with van der Waals surface area (Å²) in [7, 11) is 0. The van der Waals surface area contributed by atoms with Crippen LogP contribution in [0.2, 0.25) is 0 Å². The zero-order valence-corrected chi connectivity index (χ0v) is 21.5. The Morgan fingerprint density at radius 3 is 2.49 bits per heavy atom. The monoisotopic (exact) mass is 531 g/mol. The minimum Gasteiger partial charge on any atom is -0.486 e. The Hall–Kier alpha value is -5.00. The van der Waals surface area contributed by atoms with Crippen LogP contribution in [0.5, 0.6) is 11.5 Å². The predicted octanol–water partition coefficient (Wildman–Crippen LogP) is 2.43. The molecule has 1 unspecified atom stereocenters. The molecular formula is C27H29N7O5. The van der Waals surface area contributed by atoms with E-state index >= 15 is 0 Å². The molecule has 1 aliphatic heterocycles. The number of hydrogen-bond acceptors (Lipinski definition) is 8. The Morgan fingerprint density at radius 2 is 1.85 bits per heavy atom. The Balaban J connectivity index is 0.000000826. The van der Waals surface area contributed by atoms with Gasteiger partial charge in [0.2, 0.25) is 0 Å². The van der Waals surface area contributed by atoms with Gasteiger partial charge in [0.25, 0.3) is 11.9 Å². The topological polar surface area (TPSA) is 182 Å². The van der Waals surface area contributed by atoms with E-state index < -0.39 is 11.7 Å². The Labute approximate surface area is 224 Å². The van der Waals surface area contributed by atoms with Crippen molar-refractivity contribution in [2.75, 3.05) is 13.2 Å². The average molecular weight is 532 g/mol. The Morgan fingerprint density at radius 1 is 1.18 bits per heavy atom. The number of hydrogen-bond donors (Lipinski definition) is 4. The number of H-pyrrole nitrogens is 1. The maximum Gasteiger partial charge on any atom is 0.350 e. The number of ether oxygens (including phenoxy) is 2. The highest BCUT2D eigenvalue weighted by molar-refractivity contribution is 5.94. The lowest BCUT2D eigenvalue weighted by Gasteiger charge is -2.24. The molecular weight excluding hydrogens is 502 g/mol. The van der Waals surface area contributed by atoms with Crippen molar-refractivity contribution in [2.45, 2.75) is 32.6 Å². The molecule has 0 amide bonds. The standard InChI is InChI=1S/C25H25N7O3.C2H4O2/c1-2-16-13-18(14-20-21(16)35-11-10-34-20)19(12-15-4-6-17(7-5-15)22(26)27)23-30-25(33)32(31-23)24-28-8-3-9-29-24;1-2(3)4/h3-9,13-14,19H,2,10-12H2,1H3,(H3,26,27)(H,30,31,33);1H3,(H,3,4). The van der Waals surface area contributed by atoms with Crippen LogP contribution in [-0.4, -0.2) is 54.9 Å². The summed E-state index contributed by atoms with van der Waals surface area (Å²) in [5.41, 5.74) is 8.81. The molecule has 0 saturated heterocycles. The van der Waals surface area contributed by atoms with Gasteiger partial charge in [-0.05, 0) is 41.7 Å². The number of nitrogens with one attached hydrogen (secondary N) is 2. The smallest absolute Gasteiger partial charge is 0.350 e. The van der Waals surface area contributed by atoms with Gasteiger partial charge in [-0.2, -0.15) is 0 Å². The van der Waals surface area contributed by atoms with Crippen LogP contribution in [0.4, 0.5) is 0 Å². The van der Waals surface area contributed by atoms with Gasteiger partial charge in [-0.15, -0.1) is 9.78 Å². The lowest BCUT2D eigenvalue weighted by molar-refractivity contribution is -0.134. The number of amidine groups is 1. The minimum atomic E-state index is -0.833. The summed E-state index contributed by atoms with van der Waals surface area (Å²) < 4.78 is 12.9. The van der Waals surface area contributed by atoms with Gasteiger partial charge in [-0.1, -0.05) is 37.3 Å². The van der Waals surface area contributed by atoms with Gasteiger partial charge in [-0.3, -0.25) is 15.2 Å². The van der Waals surface area contributed by atoms with E-state index in [1.807, 2.05) is 30.3 Å². The molecule has 0 radical (unpaired) electrons. The first-order valence-corrected chi connectivity index (χ1v) is 12.3. The fourth-order valence-electron chi connectivity index (χ4n) is 4.18. The summed E-state index contributed by atoms with van der Waals surface area (Å²) in [6.07, 6.45) is 4.43. The molecule has 5 rings (SSSR count). The Bertz CT molecular complexity index is 1490. The van der Waals surface area contributed by atoms with Crippen LogP contribution >= 0.6 is 0 Å². The molecule has 12 nitrogen and oxygen atoms in total. The molecule has 0 saturated carbocycles. The number of carboxylic acid groups (broad SMARTS) is 1. The summed E-state index contributed by atoms with van der Waals surface area (Å²) in [6.45, 7) is 4.14. The molecule has 4 aromatic rings. The fourth-order valence-corrected chi connectivity index (χ4v) is 4.18. The highest BCUT2D eigenvalue weighted by atomic mass is 16.6. The molecule has 2 aromatic heterocycles. The molecule has 1 aliphatic rings. The van der Waals surface area contributed by atoms with Crippen molar-refractivity contribution in [1.29, 1.82) is 5.41 Å². The van der Waals surface area contributed by atoms with Gasteiger partial charge >= 0.3 is 5.69 Å². The summed E-state index contributed by atoms with van der Waals surface area (Å²) in [5, 5.41) is 19.6. The zero-order valence-electron chi connectivity index (χ0n) is 21.5. The van der Waals surface area contributed by atoms with Crippen LogP contribution in [0, 0.1) is 5.41 Å². The molecule has 0 bridgehead atoms. The molecule has 0 spiro atoms. The summed E-state index contributed by atoms with van der Waals surface area (Å²) in [6, 6.07) is 13.2. The second kappa shape index (κ2) is 12.0. The van der Waals surface area contributed by atoms with Crippen molar-refractivity contribution in [3.05, 3.63) is 93.4 Å². The van der Waals surface area contributed by atoms with E-state index in [0.717, 1.165) is 35.8 Å². The van der Waals surface area contributed by atoms with E-state index in [1.54, 1.807) is 18.5 Å². The third-order valence-electron chi connectivity index (χ3n) is 5.94. The molecule has 2 aromatic carbocycles. The lowest BCUT2D eigenvalue weighted by Crippen LogP contribution is -2.18. The van der Waals surface area contributed by atoms with Crippen LogP contribution in [0.25, 0.3) is 5.95 Å². The number of nitrogens with two attached hydrogens (primary N) is 1. The second-order valence-electron chi connectivity index (χ2n) is 8.72. The van der Waals surface area contributed by atoms with Crippen molar-refractivity contribution in [3.63, 3.8) is 0 Å². The minimum absolute atomic E-state index is 0.0125. The number of benzene rings is 2. The average Bonchev–Trinajstić information content (AvgIpc) is 3.32. The fraction of sp³-hybridized carbons (Fsp3) is 0.259. The van der Waals surface area contributed by atoms with E-state index in [0.29, 0.717) is 36.8 Å². The largest absolute Gasteiger partial charge is 0.486 e. The molecule has 1 atom stereocenters. The number of rotatable bonds is 7.